The summed E-state index contributed by atoms with van der Waals surface area (Å²) in [6.07, 6.45) is 0.935. The van der Waals surface area contributed by atoms with E-state index in [0.29, 0.717) is 17.7 Å². The highest BCUT2D eigenvalue weighted by atomic mass is 16.5. The van der Waals surface area contributed by atoms with Crippen LogP contribution in [-0.4, -0.2) is 23.3 Å². The van der Waals surface area contributed by atoms with Crippen LogP contribution >= 0.6 is 0 Å². The molecule has 0 aliphatic heterocycles. The van der Waals surface area contributed by atoms with E-state index in [-0.39, 0.29) is 34.5 Å². The molecule has 4 heteroatoms. The third kappa shape index (κ3) is 2.19. The summed E-state index contributed by atoms with van der Waals surface area (Å²) in [5.41, 5.74) is 1.26. The third-order valence-corrected chi connectivity index (χ3v) is 3.26. The predicted molar refractivity (Wildman–Crippen MR) is 70.6 cm³/mol. The Labute approximate surface area is 111 Å². The van der Waals surface area contributed by atoms with E-state index >= 15 is 0 Å². The number of fused-ring (bicyclic) bond motifs is 1. The average Bonchev–Trinajstić information content (AvgIpc) is 2.35. The molecule has 0 heterocycles. The maximum absolute atomic E-state index is 12.0. The Morgan fingerprint density at radius 3 is 2.63 bits per heavy atom. The smallest absolute Gasteiger partial charge is 0.190 e. The molecule has 100 valence electrons. The highest BCUT2D eigenvalue weighted by Gasteiger charge is 2.28. The number of carbonyl (C=O) groups is 2. The van der Waals surface area contributed by atoms with Crippen molar-refractivity contribution in [3.63, 3.8) is 0 Å². The second-order valence-corrected chi connectivity index (χ2v) is 4.54. The van der Waals surface area contributed by atoms with Gasteiger partial charge < -0.3 is 9.84 Å². The number of carbonyl (C=O) groups excluding carboxylic acids is 2. The molecule has 19 heavy (non-hydrogen) atoms. The summed E-state index contributed by atoms with van der Waals surface area (Å²) in [4.78, 5) is 23.9. The minimum atomic E-state index is -0.338. The largest absolute Gasteiger partial charge is 0.507 e. The van der Waals surface area contributed by atoms with Gasteiger partial charge in [-0.3, -0.25) is 9.59 Å². The monoisotopic (exact) mass is 260 g/mol. The van der Waals surface area contributed by atoms with Crippen molar-refractivity contribution in [3.05, 3.63) is 40.5 Å². The molecule has 0 saturated carbocycles. The van der Waals surface area contributed by atoms with E-state index in [4.69, 9.17) is 4.74 Å². The number of phenolic OH excluding ortho intramolecular Hbond substituents is 1. The average molecular weight is 260 g/mol. The van der Waals surface area contributed by atoms with Crippen LogP contribution in [0.15, 0.2) is 23.8 Å². The number of ether oxygens (including phenoxy) is 1. The van der Waals surface area contributed by atoms with E-state index in [1.807, 2.05) is 6.92 Å². The maximum Gasteiger partial charge on any atom is 0.190 e. The van der Waals surface area contributed by atoms with Crippen molar-refractivity contribution >= 4 is 11.6 Å². The van der Waals surface area contributed by atoms with Gasteiger partial charge in [0.1, 0.15) is 5.75 Å². The van der Waals surface area contributed by atoms with Crippen molar-refractivity contribution in [3.8, 4) is 5.75 Å². The zero-order valence-corrected chi connectivity index (χ0v) is 11.2. The lowest BCUT2D eigenvalue weighted by atomic mass is 9.87. The van der Waals surface area contributed by atoms with Gasteiger partial charge in [0.15, 0.2) is 11.6 Å². The number of aromatic hydroxyl groups is 1. The second kappa shape index (κ2) is 4.97. The van der Waals surface area contributed by atoms with Crippen molar-refractivity contribution in [2.24, 2.45) is 0 Å². The first-order valence-corrected chi connectivity index (χ1v) is 6.22. The topological polar surface area (TPSA) is 63.6 Å². The van der Waals surface area contributed by atoms with Crippen molar-refractivity contribution in [1.82, 2.24) is 0 Å². The van der Waals surface area contributed by atoms with Gasteiger partial charge in [-0.2, -0.15) is 0 Å². The van der Waals surface area contributed by atoms with Gasteiger partial charge >= 0.3 is 0 Å². The lowest BCUT2D eigenvalue weighted by Gasteiger charge is -2.19. The number of benzene rings is 1. The molecule has 1 atom stereocenters. The first-order valence-electron chi connectivity index (χ1n) is 6.22. The quantitative estimate of drug-likeness (QED) is 0.907. The van der Waals surface area contributed by atoms with Crippen LogP contribution in [0.3, 0.4) is 0 Å². The molecular weight excluding hydrogens is 244 g/mol. The molecule has 2 rings (SSSR count). The number of Topliss-reactive ketones (excluding diaryl/α,β-unsaturated/α-hetero) is 1. The number of phenols is 1. The molecule has 1 N–H and O–H groups in total. The lowest BCUT2D eigenvalue weighted by molar-refractivity contribution is 0.0743. The van der Waals surface area contributed by atoms with Gasteiger partial charge in [0.2, 0.25) is 0 Å². The Balaban J connectivity index is 2.57. The Morgan fingerprint density at radius 2 is 2.00 bits per heavy atom. The first kappa shape index (κ1) is 13.5. The number of hydrogen-bond acceptors (Lipinski definition) is 4. The van der Waals surface area contributed by atoms with Crippen LogP contribution < -0.4 is 0 Å². The van der Waals surface area contributed by atoms with Gasteiger partial charge in [-0.05, 0) is 32.9 Å². The molecule has 1 aliphatic carbocycles. The molecule has 0 fully saturated rings. The summed E-state index contributed by atoms with van der Waals surface area (Å²) < 4.78 is 5.41. The molecule has 0 saturated heterocycles. The fourth-order valence-electron chi connectivity index (χ4n) is 2.26. The second-order valence-electron chi connectivity index (χ2n) is 4.54. The zero-order valence-electron chi connectivity index (χ0n) is 11.2. The number of hydrogen-bond donors (Lipinski definition) is 1. The molecule has 0 radical (unpaired) electrons. The first-order chi connectivity index (χ1) is 8.97. The molecule has 1 aromatic carbocycles. The molecule has 1 aliphatic rings. The lowest BCUT2D eigenvalue weighted by Crippen LogP contribution is -2.17. The summed E-state index contributed by atoms with van der Waals surface area (Å²) in [5, 5.41) is 10.2. The minimum Gasteiger partial charge on any atom is -0.507 e. The Kier molecular flexibility index (Phi) is 3.53. The maximum atomic E-state index is 12.0. The van der Waals surface area contributed by atoms with Gasteiger partial charge in [0.25, 0.3) is 0 Å². The molecule has 4 nitrogen and oxygen atoms in total. The Hall–Kier alpha value is -1.94. The minimum absolute atomic E-state index is 0.0830. The van der Waals surface area contributed by atoms with Crippen LogP contribution in [0.5, 0.6) is 5.75 Å². The zero-order chi connectivity index (χ0) is 14.2. The normalized spacial score (nSPS) is 16.1. The number of rotatable bonds is 3. The summed E-state index contributed by atoms with van der Waals surface area (Å²) in [5.74, 6) is -0.712. The standard InChI is InChI=1S/C15H16O4/c1-4-19-9(3)10-5-6-11-13(15(10)18)12(16)7-8(2)14(11)17/h5-7,9,18H,4H2,1-3H3. The van der Waals surface area contributed by atoms with Crippen LogP contribution in [0, 0.1) is 0 Å². The fraction of sp³-hybridized carbons (Fsp3) is 0.333. The van der Waals surface area contributed by atoms with Crippen molar-refractivity contribution in [2.45, 2.75) is 26.9 Å². The SMILES string of the molecule is CCOC(C)c1ccc2c(c1O)C(=O)C=C(C)C2=O. The van der Waals surface area contributed by atoms with Gasteiger partial charge in [0.05, 0.1) is 11.7 Å². The third-order valence-electron chi connectivity index (χ3n) is 3.26. The van der Waals surface area contributed by atoms with Crippen molar-refractivity contribution in [2.75, 3.05) is 6.61 Å². The molecular formula is C15H16O4. The van der Waals surface area contributed by atoms with Crippen LogP contribution in [-0.2, 0) is 4.74 Å². The van der Waals surface area contributed by atoms with Gasteiger partial charge in [0, 0.05) is 23.3 Å². The van der Waals surface area contributed by atoms with Crippen LogP contribution in [0.1, 0.15) is 53.2 Å². The van der Waals surface area contributed by atoms with Crippen LogP contribution in [0.2, 0.25) is 0 Å². The molecule has 0 bridgehead atoms. The highest BCUT2D eigenvalue weighted by molar-refractivity contribution is 6.25. The van der Waals surface area contributed by atoms with E-state index in [1.165, 1.54) is 6.08 Å². The van der Waals surface area contributed by atoms with E-state index in [0.717, 1.165) is 0 Å². The predicted octanol–water partition coefficient (Wildman–Crippen LogP) is 2.82. The number of allylic oxidation sites excluding steroid dienone is 2. The summed E-state index contributed by atoms with van der Waals surface area (Å²) in [7, 11) is 0. The van der Waals surface area contributed by atoms with E-state index in [9.17, 15) is 14.7 Å². The Morgan fingerprint density at radius 1 is 1.32 bits per heavy atom. The van der Waals surface area contributed by atoms with E-state index in [1.54, 1.807) is 26.0 Å². The molecule has 1 aromatic rings. The Bertz CT molecular complexity index is 584. The summed E-state index contributed by atoms with van der Waals surface area (Å²) in [6, 6.07) is 3.22. The summed E-state index contributed by atoms with van der Waals surface area (Å²) >= 11 is 0. The molecule has 0 spiro atoms. The van der Waals surface area contributed by atoms with Gasteiger partial charge in [-0.25, -0.2) is 0 Å². The van der Waals surface area contributed by atoms with E-state index < -0.39 is 0 Å². The molecule has 0 aromatic heterocycles. The summed E-state index contributed by atoms with van der Waals surface area (Å²) in [6.45, 7) is 5.74. The number of ketones is 2. The highest BCUT2D eigenvalue weighted by Crippen LogP contribution is 2.35. The molecule has 0 amide bonds. The van der Waals surface area contributed by atoms with Gasteiger partial charge in [-0.1, -0.05) is 6.07 Å². The van der Waals surface area contributed by atoms with Crippen molar-refractivity contribution in [1.29, 1.82) is 0 Å². The molecule has 1 unspecified atom stereocenters. The van der Waals surface area contributed by atoms with Gasteiger partial charge in [-0.15, -0.1) is 0 Å². The van der Waals surface area contributed by atoms with Crippen LogP contribution in [0.25, 0.3) is 0 Å². The fourth-order valence-corrected chi connectivity index (χ4v) is 2.26. The van der Waals surface area contributed by atoms with Crippen molar-refractivity contribution < 1.29 is 19.4 Å². The van der Waals surface area contributed by atoms with E-state index in [2.05, 4.69) is 0 Å². The van der Waals surface area contributed by atoms with Crippen LogP contribution in [0.4, 0.5) is 0 Å².